The molecule has 0 radical (unpaired) electrons. The number of nitrogens with zero attached hydrogens (tertiary/aromatic N) is 2. The molecule has 1 aromatic carbocycles. The Morgan fingerprint density at radius 1 is 1.42 bits per heavy atom. The van der Waals surface area contributed by atoms with E-state index < -0.39 is 27.0 Å². The molecule has 26 heavy (non-hydrogen) atoms. The summed E-state index contributed by atoms with van der Waals surface area (Å²) in [4.78, 5) is 17.4. The molecule has 140 valence electrons. The number of amides is 1. The summed E-state index contributed by atoms with van der Waals surface area (Å²) in [6.07, 6.45) is 0.466. The highest BCUT2D eigenvalue weighted by Crippen LogP contribution is 2.31. The Balaban J connectivity index is 1.80. The minimum Gasteiger partial charge on any atom is -0.298 e. The number of anilines is 1. The molecule has 3 rings (SSSR count). The van der Waals surface area contributed by atoms with Gasteiger partial charge in [-0.05, 0) is 26.0 Å². The van der Waals surface area contributed by atoms with Crippen molar-refractivity contribution in [3.8, 4) is 0 Å². The molecule has 6 nitrogen and oxygen atoms in total. The molecular weight excluding hydrogens is 401 g/mol. The predicted molar refractivity (Wildman–Crippen MR) is 99.6 cm³/mol. The van der Waals surface area contributed by atoms with Crippen LogP contribution in [0.4, 0.5) is 9.52 Å². The maximum atomic E-state index is 13.9. The van der Waals surface area contributed by atoms with Crippen molar-refractivity contribution in [1.82, 2.24) is 9.29 Å². The molecule has 1 aliphatic heterocycles. The van der Waals surface area contributed by atoms with E-state index in [1.54, 1.807) is 13.8 Å². The van der Waals surface area contributed by atoms with Crippen molar-refractivity contribution < 1.29 is 17.6 Å². The first-order valence-corrected chi connectivity index (χ1v) is 10.6. The lowest BCUT2D eigenvalue weighted by Crippen LogP contribution is -2.39. The summed E-state index contributed by atoms with van der Waals surface area (Å²) < 4.78 is 39.9. The van der Waals surface area contributed by atoms with Gasteiger partial charge in [0.1, 0.15) is 5.82 Å². The van der Waals surface area contributed by atoms with Gasteiger partial charge in [0.25, 0.3) is 5.91 Å². The van der Waals surface area contributed by atoms with Crippen molar-refractivity contribution in [1.29, 1.82) is 0 Å². The highest BCUT2D eigenvalue weighted by Gasteiger charge is 2.31. The van der Waals surface area contributed by atoms with Crippen LogP contribution in [0.15, 0.2) is 18.2 Å². The van der Waals surface area contributed by atoms with E-state index in [1.807, 2.05) is 0 Å². The fraction of sp³-hybridized carbons (Fsp3) is 0.375. The number of sulfonamides is 1. The van der Waals surface area contributed by atoms with Crippen LogP contribution in [0.2, 0.25) is 5.02 Å². The van der Waals surface area contributed by atoms with E-state index in [4.69, 9.17) is 11.6 Å². The van der Waals surface area contributed by atoms with Crippen LogP contribution < -0.4 is 5.32 Å². The standard InChI is InChI=1S/C16H17ClFN3O3S2/c1-9(2)26(23,24)21-7-6-12-13(8-21)25-16(19-12)20-15(22)14-10(17)4-3-5-11(14)18/h3-5,9H,6-8H2,1-2H3,(H,19,20,22). The van der Waals surface area contributed by atoms with E-state index in [-0.39, 0.29) is 17.1 Å². The zero-order chi connectivity index (χ0) is 19.1. The first-order valence-electron chi connectivity index (χ1n) is 7.93. The molecule has 0 spiro atoms. The van der Waals surface area contributed by atoms with Crippen molar-refractivity contribution in [2.24, 2.45) is 0 Å². The van der Waals surface area contributed by atoms with Crippen LogP contribution >= 0.6 is 22.9 Å². The quantitative estimate of drug-likeness (QED) is 0.827. The molecule has 0 atom stereocenters. The molecule has 0 aliphatic carbocycles. The molecule has 10 heteroatoms. The van der Waals surface area contributed by atoms with Crippen molar-refractivity contribution in [3.05, 3.63) is 45.2 Å². The maximum absolute atomic E-state index is 13.9. The minimum atomic E-state index is -3.35. The summed E-state index contributed by atoms with van der Waals surface area (Å²) in [5, 5.41) is 2.36. The number of rotatable bonds is 4. The molecule has 0 saturated heterocycles. The largest absolute Gasteiger partial charge is 0.298 e. The van der Waals surface area contributed by atoms with Crippen LogP contribution in [0.1, 0.15) is 34.8 Å². The third-order valence-corrected chi connectivity index (χ3v) is 7.60. The maximum Gasteiger partial charge on any atom is 0.261 e. The third-order valence-electron chi connectivity index (χ3n) is 4.06. The van der Waals surface area contributed by atoms with Gasteiger partial charge in [-0.2, -0.15) is 4.31 Å². The van der Waals surface area contributed by atoms with Crippen molar-refractivity contribution >= 4 is 44.0 Å². The lowest BCUT2D eigenvalue weighted by atomic mass is 10.2. The minimum absolute atomic E-state index is 0.0121. The monoisotopic (exact) mass is 417 g/mol. The Morgan fingerprint density at radius 3 is 2.81 bits per heavy atom. The number of nitrogens with one attached hydrogen (secondary N) is 1. The van der Waals surface area contributed by atoms with Crippen molar-refractivity contribution in [3.63, 3.8) is 0 Å². The van der Waals surface area contributed by atoms with Gasteiger partial charge in [-0.15, -0.1) is 11.3 Å². The summed E-state index contributed by atoms with van der Waals surface area (Å²) in [7, 11) is -3.35. The second-order valence-corrected chi connectivity index (χ2v) is 10.1. The first kappa shape index (κ1) is 19.2. The number of benzene rings is 1. The van der Waals surface area contributed by atoms with E-state index in [9.17, 15) is 17.6 Å². The smallest absolute Gasteiger partial charge is 0.261 e. The topological polar surface area (TPSA) is 79.4 Å². The lowest BCUT2D eigenvalue weighted by molar-refractivity contribution is 0.102. The van der Waals surface area contributed by atoms with Crippen LogP contribution in [0.5, 0.6) is 0 Å². The van der Waals surface area contributed by atoms with Gasteiger partial charge in [-0.3, -0.25) is 10.1 Å². The van der Waals surface area contributed by atoms with Crippen LogP contribution in [0, 0.1) is 5.82 Å². The van der Waals surface area contributed by atoms with E-state index in [0.29, 0.717) is 18.1 Å². The van der Waals surface area contributed by atoms with Gasteiger partial charge in [0, 0.05) is 24.4 Å². The molecule has 1 aromatic heterocycles. The van der Waals surface area contributed by atoms with Gasteiger partial charge in [0.2, 0.25) is 10.0 Å². The third kappa shape index (κ3) is 3.62. The molecule has 0 saturated carbocycles. The summed E-state index contributed by atoms with van der Waals surface area (Å²) >= 11 is 7.09. The zero-order valence-corrected chi connectivity index (χ0v) is 16.5. The van der Waals surface area contributed by atoms with E-state index >= 15 is 0 Å². The Bertz CT molecular complexity index is 939. The number of halogens is 2. The number of hydrogen-bond acceptors (Lipinski definition) is 5. The molecule has 2 aromatic rings. The van der Waals surface area contributed by atoms with E-state index in [2.05, 4.69) is 10.3 Å². The average molecular weight is 418 g/mol. The first-order chi connectivity index (χ1) is 12.2. The van der Waals surface area contributed by atoms with Gasteiger partial charge < -0.3 is 0 Å². The summed E-state index contributed by atoms with van der Waals surface area (Å²) in [6.45, 7) is 3.86. The molecular formula is C16H17ClFN3O3S2. The molecule has 2 heterocycles. The molecule has 0 fully saturated rings. The summed E-state index contributed by atoms with van der Waals surface area (Å²) in [5.74, 6) is -1.41. The van der Waals surface area contributed by atoms with Crippen LogP contribution in [0.25, 0.3) is 0 Å². The van der Waals surface area contributed by atoms with Crippen LogP contribution in [-0.4, -0.2) is 35.4 Å². The SMILES string of the molecule is CC(C)S(=O)(=O)N1CCc2nc(NC(=O)c3c(F)cccc3Cl)sc2C1. The number of aromatic nitrogens is 1. The molecule has 0 unspecified atom stereocenters. The number of fused-ring (bicyclic) bond motifs is 1. The highest BCUT2D eigenvalue weighted by atomic mass is 35.5. The Hall–Kier alpha value is -1.55. The van der Waals surface area contributed by atoms with Crippen LogP contribution in [-0.2, 0) is 23.0 Å². The summed E-state index contributed by atoms with van der Waals surface area (Å²) in [5.41, 5.74) is 0.506. The lowest BCUT2D eigenvalue weighted by Gasteiger charge is -2.26. The van der Waals surface area contributed by atoms with Gasteiger partial charge in [0.15, 0.2) is 5.13 Å². The van der Waals surface area contributed by atoms with Crippen molar-refractivity contribution in [2.75, 3.05) is 11.9 Å². The number of carbonyl (C=O) groups is 1. The summed E-state index contributed by atoms with van der Waals surface area (Å²) in [6, 6.07) is 4.00. The molecule has 1 amide bonds. The second-order valence-electron chi connectivity index (χ2n) is 6.12. The second kappa shape index (κ2) is 7.22. The highest BCUT2D eigenvalue weighted by molar-refractivity contribution is 7.89. The Morgan fingerprint density at radius 2 is 2.15 bits per heavy atom. The Labute approximate surface area is 160 Å². The zero-order valence-electron chi connectivity index (χ0n) is 14.1. The fourth-order valence-corrected chi connectivity index (χ4v) is 5.22. The van der Waals surface area contributed by atoms with Gasteiger partial charge >= 0.3 is 0 Å². The van der Waals surface area contributed by atoms with Gasteiger partial charge in [-0.25, -0.2) is 17.8 Å². The average Bonchev–Trinajstić information content (AvgIpc) is 2.95. The van der Waals surface area contributed by atoms with Crippen molar-refractivity contribution in [2.45, 2.75) is 32.1 Å². The van der Waals surface area contributed by atoms with Crippen LogP contribution in [0.3, 0.4) is 0 Å². The van der Waals surface area contributed by atoms with E-state index in [1.165, 1.54) is 27.8 Å². The fourth-order valence-electron chi connectivity index (χ4n) is 2.62. The Kier molecular flexibility index (Phi) is 5.34. The number of carbonyl (C=O) groups excluding carboxylic acids is 1. The number of thiazole rings is 1. The predicted octanol–water partition coefficient (Wildman–Crippen LogP) is 3.28. The molecule has 1 aliphatic rings. The van der Waals surface area contributed by atoms with Gasteiger partial charge in [-0.1, -0.05) is 17.7 Å². The normalized spacial score (nSPS) is 15.1. The van der Waals surface area contributed by atoms with Gasteiger partial charge in [0.05, 0.1) is 21.5 Å². The number of hydrogen-bond donors (Lipinski definition) is 1. The molecule has 0 bridgehead atoms. The van der Waals surface area contributed by atoms with E-state index in [0.717, 1.165) is 16.6 Å². The molecule has 1 N–H and O–H groups in total.